The maximum absolute atomic E-state index is 6.41. The van der Waals surface area contributed by atoms with E-state index in [-0.39, 0.29) is 0 Å². The molecular weight excluding hydrogens is 234 g/mol. The van der Waals surface area contributed by atoms with Gasteiger partial charge in [0.25, 0.3) is 0 Å². The van der Waals surface area contributed by atoms with Crippen LogP contribution in [-0.2, 0) is 6.42 Å². The number of fused-ring (bicyclic) bond motifs is 1. The Hall–Kier alpha value is -0.830. The van der Waals surface area contributed by atoms with E-state index in [1.807, 2.05) is 0 Å². The molecule has 2 N–H and O–H groups in total. The Morgan fingerprint density at radius 1 is 1.16 bits per heavy atom. The zero-order valence-electron chi connectivity index (χ0n) is 11.7. The van der Waals surface area contributed by atoms with Crippen LogP contribution >= 0.6 is 0 Å². The smallest absolute Gasteiger partial charge is 0.0640 e. The molecule has 3 nitrogen and oxygen atoms in total. The molecule has 0 spiro atoms. The van der Waals surface area contributed by atoms with E-state index in [9.17, 15) is 0 Å². The summed E-state index contributed by atoms with van der Waals surface area (Å²) in [7, 11) is 0. The van der Waals surface area contributed by atoms with Gasteiger partial charge in [0.15, 0.2) is 0 Å². The summed E-state index contributed by atoms with van der Waals surface area (Å²) in [6, 6.07) is 3.20. The third-order valence-corrected chi connectivity index (χ3v) is 5.77. The fourth-order valence-electron chi connectivity index (χ4n) is 4.75. The Morgan fingerprint density at radius 2 is 1.89 bits per heavy atom. The number of nitrogens with zero attached hydrogens (tertiary/aromatic N) is 2. The standard InChI is InChI=1S/C16H25N3/c17-15(16-13-6-3-7-14(13)16)10-11-8-9-19(18-11)12-4-1-2-5-12/h8-9,12-16H,1-7,10,17H2. The Balaban J connectivity index is 1.37. The predicted octanol–water partition coefficient (Wildman–Crippen LogP) is 2.91. The van der Waals surface area contributed by atoms with E-state index >= 15 is 0 Å². The summed E-state index contributed by atoms with van der Waals surface area (Å²) < 4.78 is 2.20. The summed E-state index contributed by atoms with van der Waals surface area (Å²) in [4.78, 5) is 0. The highest BCUT2D eigenvalue weighted by atomic mass is 15.3. The highest BCUT2D eigenvalue weighted by Gasteiger charge is 2.54. The highest BCUT2D eigenvalue weighted by molar-refractivity contribution is 5.10. The van der Waals surface area contributed by atoms with Crippen molar-refractivity contribution in [2.75, 3.05) is 0 Å². The summed E-state index contributed by atoms with van der Waals surface area (Å²) in [6.45, 7) is 0. The lowest BCUT2D eigenvalue weighted by atomic mass is 10.0. The van der Waals surface area contributed by atoms with Crippen LogP contribution in [0, 0.1) is 17.8 Å². The first-order valence-corrected chi connectivity index (χ1v) is 8.12. The molecule has 3 aliphatic rings. The molecule has 19 heavy (non-hydrogen) atoms. The average Bonchev–Trinajstić information content (AvgIpc) is 2.95. The minimum absolute atomic E-state index is 0.349. The molecule has 1 heterocycles. The summed E-state index contributed by atoms with van der Waals surface area (Å²) in [5.74, 6) is 2.74. The van der Waals surface area contributed by atoms with Crippen LogP contribution in [0.25, 0.3) is 0 Å². The molecule has 0 saturated heterocycles. The molecule has 3 fully saturated rings. The summed E-state index contributed by atoms with van der Waals surface area (Å²) in [5.41, 5.74) is 7.63. The third-order valence-electron chi connectivity index (χ3n) is 5.77. The SMILES string of the molecule is NC(Cc1ccn(C2CCCC2)n1)C1C2CCCC21. The lowest BCUT2D eigenvalue weighted by Gasteiger charge is -2.12. The molecule has 3 heteroatoms. The number of nitrogens with two attached hydrogens (primary N) is 1. The summed E-state index contributed by atoms with van der Waals surface area (Å²) in [5, 5.41) is 4.77. The second-order valence-electron chi connectivity index (χ2n) is 6.93. The minimum Gasteiger partial charge on any atom is -0.327 e. The van der Waals surface area contributed by atoms with Gasteiger partial charge in [-0.3, -0.25) is 4.68 Å². The molecule has 3 aliphatic carbocycles. The molecule has 3 saturated carbocycles. The van der Waals surface area contributed by atoms with Crippen molar-refractivity contribution in [3.8, 4) is 0 Å². The molecule has 3 unspecified atom stereocenters. The van der Waals surface area contributed by atoms with Crippen LogP contribution < -0.4 is 5.73 Å². The molecule has 1 aromatic heterocycles. The van der Waals surface area contributed by atoms with Crippen LogP contribution in [-0.4, -0.2) is 15.8 Å². The van der Waals surface area contributed by atoms with E-state index in [0.29, 0.717) is 12.1 Å². The van der Waals surface area contributed by atoms with Gasteiger partial charge < -0.3 is 5.73 Å². The second-order valence-corrected chi connectivity index (χ2v) is 6.93. The molecule has 0 aliphatic heterocycles. The molecule has 104 valence electrons. The van der Waals surface area contributed by atoms with Gasteiger partial charge in [-0.05, 0) is 49.5 Å². The summed E-state index contributed by atoms with van der Waals surface area (Å²) >= 11 is 0. The second kappa shape index (κ2) is 4.62. The van der Waals surface area contributed by atoms with Crippen molar-refractivity contribution < 1.29 is 0 Å². The van der Waals surface area contributed by atoms with Crippen LogP contribution in [0.5, 0.6) is 0 Å². The van der Waals surface area contributed by atoms with Crippen molar-refractivity contribution in [3.05, 3.63) is 18.0 Å². The fraction of sp³-hybridized carbons (Fsp3) is 0.812. The van der Waals surface area contributed by atoms with Gasteiger partial charge in [-0.25, -0.2) is 0 Å². The van der Waals surface area contributed by atoms with Crippen molar-refractivity contribution in [1.82, 2.24) is 9.78 Å². The first kappa shape index (κ1) is 12.0. The Morgan fingerprint density at radius 3 is 2.63 bits per heavy atom. The van der Waals surface area contributed by atoms with Gasteiger partial charge in [-0.2, -0.15) is 5.10 Å². The van der Waals surface area contributed by atoms with Gasteiger partial charge in [0.1, 0.15) is 0 Å². The molecule has 4 rings (SSSR count). The molecule has 0 aromatic carbocycles. The van der Waals surface area contributed by atoms with Gasteiger partial charge in [-0.1, -0.05) is 19.3 Å². The topological polar surface area (TPSA) is 43.8 Å². The zero-order chi connectivity index (χ0) is 12.8. The Bertz CT molecular complexity index is 437. The monoisotopic (exact) mass is 259 g/mol. The molecule has 0 amide bonds. The van der Waals surface area contributed by atoms with Gasteiger partial charge in [0.05, 0.1) is 11.7 Å². The van der Waals surface area contributed by atoms with Crippen molar-refractivity contribution >= 4 is 0 Å². The zero-order valence-corrected chi connectivity index (χ0v) is 11.7. The quantitative estimate of drug-likeness (QED) is 0.903. The van der Waals surface area contributed by atoms with Gasteiger partial charge in [0, 0.05) is 18.7 Å². The van der Waals surface area contributed by atoms with Gasteiger partial charge in [0.2, 0.25) is 0 Å². The van der Waals surface area contributed by atoms with E-state index < -0.39 is 0 Å². The van der Waals surface area contributed by atoms with E-state index in [1.165, 1.54) is 50.6 Å². The molecule has 0 radical (unpaired) electrons. The fourth-order valence-corrected chi connectivity index (χ4v) is 4.75. The van der Waals surface area contributed by atoms with Crippen LogP contribution in [0.2, 0.25) is 0 Å². The van der Waals surface area contributed by atoms with Crippen molar-refractivity contribution in [2.45, 2.75) is 63.5 Å². The average molecular weight is 259 g/mol. The number of hydrogen-bond donors (Lipinski definition) is 1. The van der Waals surface area contributed by atoms with Crippen molar-refractivity contribution in [2.24, 2.45) is 23.5 Å². The van der Waals surface area contributed by atoms with E-state index in [2.05, 4.69) is 16.9 Å². The van der Waals surface area contributed by atoms with Gasteiger partial charge >= 0.3 is 0 Å². The van der Waals surface area contributed by atoms with Crippen LogP contribution in [0.1, 0.15) is 56.7 Å². The highest BCUT2D eigenvalue weighted by Crippen LogP contribution is 2.58. The summed E-state index contributed by atoms with van der Waals surface area (Å²) in [6.07, 6.45) is 12.8. The van der Waals surface area contributed by atoms with Crippen LogP contribution in [0.15, 0.2) is 12.3 Å². The van der Waals surface area contributed by atoms with E-state index in [0.717, 1.165) is 24.2 Å². The normalized spacial score (nSPS) is 35.5. The lowest BCUT2D eigenvalue weighted by molar-refractivity contribution is 0.450. The predicted molar refractivity (Wildman–Crippen MR) is 75.7 cm³/mol. The Labute approximate surface area is 115 Å². The first-order valence-electron chi connectivity index (χ1n) is 8.12. The maximum atomic E-state index is 6.41. The Kier molecular flexibility index (Phi) is 2.91. The third kappa shape index (κ3) is 2.12. The van der Waals surface area contributed by atoms with Crippen LogP contribution in [0.3, 0.4) is 0 Å². The first-order chi connectivity index (χ1) is 9.33. The molecule has 1 aromatic rings. The molecule has 3 atom stereocenters. The van der Waals surface area contributed by atoms with E-state index in [1.54, 1.807) is 0 Å². The van der Waals surface area contributed by atoms with E-state index in [4.69, 9.17) is 10.8 Å². The number of aromatic nitrogens is 2. The molecule has 0 bridgehead atoms. The van der Waals surface area contributed by atoms with Gasteiger partial charge in [-0.15, -0.1) is 0 Å². The largest absolute Gasteiger partial charge is 0.327 e. The number of rotatable bonds is 4. The lowest BCUT2D eigenvalue weighted by Crippen LogP contribution is -2.27. The molecular formula is C16H25N3. The van der Waals surface area contributed by atoms with Crippen molar-refractivity contribution in [3.63, 3.8) is 0 Å². The number of hydrogen-bond acceptors (Lipinski definition) is 2. The maximum Gasteiger partial charge on any atom is 0.0640 e. The minimum atomic E-state index is 0.349. The van der Waals surface area contributed by atoms with Crippen molar-refractivity contribution in [1.29, 1.82) is 0 Å². The van der Waals surface area contributed by atoms with Crippen LogP contribution in [0.4, 0.5) is 0 Å².